The highest BCUT2D eigenvalue weighted by Gasteiger charge is 2.25. The Hall–Kier alpha value is -0.960. The van der Waals surface area contributed by atoms with Gasteiger partial charge in [0.25, 0.3) is 0 Å². The van der Waals surface area contributed by atoms with Crippen molar-refractivity contribution in [1.82, 2.24) is 5.32 Å². The first-order valence-electron chi connectivity index (χ1n) is 6.29. The molecule has 1 aromatic rings. The van der Waals surface area contributed by atoms with Gasteiger partial charge in [-0.1, -0.05) is 6.42 Å². The number of hydrogen-bond donors (Lipinski definition) is 1. The summed E-state index contributed by atoms with van der Waals surface area (Å²) in [5.74, 6) is -0.0346. The summed E-state index contributed by atoms with van der Waals surface area (Å²) in [6.07, 6.45) is 3.78. The van der Waals surface area contributed by atoms with Gasteiger partial charge in [-0.05, 0) is 50.8 Å². The maximum atomic E-state index is 13.6. The molecule has 1 fully saturated rings. The summed E-state index contributed by atoms with van der Waals surface area (Å²) in [5.41, 5.74) is 0.413. The van der Waals surface area contributed by atoms with Crippen LogP contribution in [0.25, 0.3) is 0 Å². The SMILES string of the molecule is CC(NC(C)C1CCC1)c1cc(F)ccc1F. The van der Waals surface area contributed by atoms with Crippen molar-refractivity contribution in [3.63, 3.8) is 0 Å². The smallest absolute Gasteiger partial charge is 0.128 e. The number of benzene rings is 1. The first-order valence-corrected chi connectivity index (χ1v) is 6.29. The summed E-state index contributed by atoms with van der Waals surface area (Å²) in [7, 11) is 0. The lowest BCUT2D eigenvalue weighted by Crippen LogP contribution is -2.38. The normalized spacial score (nSPS) is 19.8. The Labute approximate surface area is 101 Å². The molecule has 0 aromatic heterocycles. The maximum Gasteiger partial charge on any atom is 0.128 e. The van der Waals surface area contributed by atoms with E-state index in [9.17, 15) is 8.78 Å². The van der Waals surface area contributed by atoms with Gasteiger partial charge in [0, 0.05) is 17.6 Å². The molecule has 17 heavy (non-hydrogen) atoms. The van der Waals surface area contributed by atoms with Gasteiger partial charge in [-0.25, -0.2) is 8.78 Å². The lowest BCUT2D eigenvalue weighted by atomic mass is 9.80. The minimum atomic E-state index is -0.383. The van der Waals surface area contributed by atoms with E-state index in [0.29, 0.717) is 17.5 Å². The van der Waals surface area contributed by atoms with Crippen molar-refractivity contribution in [2.24, 2.45) is 5.92 Å². The lowest BCUT2D eigenvalue weighted by molar-refractivity contribution is 0.228. The monoisotopic (exact) mass is 239 g/mol. The van der Waals surface area contributed by atoms with Crippen molar-refractivity contribution in [3.05, 3.63) is 35.4 Å². The highest BCUT2D eigenvalue weighted by molar-refractivity contribution is 5.22. The summed E-state index contributed by atoms with van der Waals surface area (Å²) >= 11 is 0. The molecule has 3 heteroatoms. The molecule has 1 saturated carbocycles. The molecule has 0 spiro atoms. The second-order valence-electron chi connectivity index (χ2n) is 5.03. The van der Waals surface area contributed by atoms with Crippen molar-refractivity contribution in [3.8, 4) is 0 Å². The van der Waals surface area contributed by atoms with Crippen LogP contribution in [0.1, 0.15) is 44.7 Å². The molecule has 2 unspecified atom stereocenters. The van der Waals surface area contributed by atoms with Gasteiger partial charge in [0.2, 0.25) is 0 Å². The van der Waals surface area contributed by atoms with Crippen molar-refractivity contribution in [2.75, 3.05) is 0 Å². The number of hydrogen-bond acceptors (Lipinski definition) is 1. The largest absolute Gasteiger partial charge is 0.307 e. The fourth-order valence-corrected chi connectivity index (χ4v) is 2.41. The number of nitrogens with one attached hydrogen (secondary N) is 1. The van der Waals surface area contributed by atoms with Gasteiger partial charge in [-0.2, -0.15) is 0 Å². The quantitative estimate of drug-likeness (QED) is 0.842. The Balaban J connectivity index is 2.02. The van der Waals surface area contributed by atoms with Crippen LogP contribution in [-0.4, -0.2) is 6.04 Å². The van der Waals surface area contributed by atoms with Gasteiger partial charge < -0.3 is 5.32 Å². The minimum absolute atomic E-state index is 0.152. The Bertz CT molecular complexity index is 388. The third kappa shape index (κ3) is 2.83. The molecule has 0 saturated heterocycles. The van der Waals surface area contributed by atoms with E-state index in [2.05, 4.69) is 12.2 Å². The molecule has 0 aliphatic heterocycles. The topological polar surface area (TPSA) is 12.0 Å². The van der Waals surface area contributed by atoms with Crippen LogP contribution in [0, 0.1) is 17.6 Å². The van der Waals surface area contributed by atoms with Gasteiger partial charge in [-0.3, -0.25) is 0 Å². The molecule has 0 amide bonds. The zero-order valence-corrected chi connectivity index (χ0v) is 10.3. The Morgan fingerprint density at radius 2 is 1.94 bits per heavy atom. The van der Waals surface area contributed by atoms with E-state index in [1.54, 1.807) is 0 Å². The summed E-state index contributed by atoms with van der Waals surface area (Å²) in [6.45, 7) is 4.00. The average Bonchev–Trinajstić information content (AvgIpc) is 2.18. The maximum absolute atomic E-state index is 13.6. The molecule has 1 N–H and O–H groups in total. The molecule has 2 atom stereocenters. The van der Waals surface area contributed by atoms with Gasteiger partial charge in [0.05, 0.1) is 0 Å². The summed E-state index contributed by atoms with van der Waals surface area (Å²) in [5, 5.41) is 3.36. The lowest BCUT2D eigenvalue weighted by Gasteiger charge is -2.34. The van der Waals surface area contributed by atoms with Crippen molar-refractivity contribution in [2.45, 2.75) is 45.2 Å². The van der Waals surface area contributed by atoms with Crippen molar-refractivity contribution < 1.29 is 8.78 Å². The fourth-order valence-electron chi connectivity index (χ4n) is 2.41. The third-order valence-corrected chi connectivity index (χ3v) is 3.79. The number of halogens is 2. The molecule has 0 radical (unpaired) electrons. The van der Waals surface area contributed by atoms with Crippen LogP contribution in [0.15, 0.2) is 18.2 Å². The molecular weight excluding hydrogens is 220 g/mol. The van der Waals surface area contributed by atoms with Crippen LogP contribution in [0.5, 0.6) is 0 Å². The van der Waals surface area contributed by atoms with Crippen molar-refractivity contribution in [1.29, 1.82) is 0 Å². The Morgan fingerprint density at radius 1 is 1.24 bits per heavy atom. The van der Waals surface area contributed by atoms with Gasteiger partial charge >= 0.3 is 0 Å². The van der Waals surface area contributed by atoms with Crippen LogP contribution in [0.2, 0.25) is 0 Å². The van der Waals surface area contributed by atoms with Gasteiger partial charge in [0.1, 0.15) is 11.6 Å². The molecule has 2 rings (SSSR count). The van der Waals surface area contributed by atoms with Crippen LogP contribution < -0.4 is 5.32 Å². The fraction of sp³-hybridized carbons (Fsp3) is 0.571. The Kier molecular flexibility index (Phi) is 3.77. The summed E-state index contributed by atoms with van der Waals surface area (Å²) in [6, 6.07) is 3.83. The zero-order valence-electron chi connectivity index (χ0n) is 10.3. The van der Waals surface area contributed by atoms with E-state index in [0.717, 1.165) is 6.07 Å². The summed E-state index contributed by atoms with van der Waals surface area (Å²) < 4.78 is 26.6. The van der Waals surface area contributed by atoms with Crippen LogP contribution in [0.3, 0.4) is 0 Å². The highest BCUT2D eigenvalue weighted by atomic mass is 19.1. The first-order chi connectivity index (χ1) is 8.08. The summed E-state index contributed by atoms with van der Waals surface area (Å²) in [4.78, 5) is 0. The third-order valence-electron chi connectivity index (χ3n) is 3.79. The molecule has 0 heterocycles. The number of rotatable bonds is 4. The zero-order chi connectivity index (χ0) is 12.4. The van der Waals surface area contributed by atoms with E-state index in [1.165, 1.54) is 31.4 Å². The molecular formula is C14H19F2N. The van der Waals surface area contributed by atoms with Crippen LogP contribution >= 0.6 is 0 Å². The van der Waals surface area contributed by atoms with Gasteiger partial charge in [0.15, 0.2) is 0 Å². The van der Waals surface area contributed by atoms with Gasteiger partial charge in [-0.15, -0.1) is 0 Å². The van der Waals surface area contributed by atoms with E-state index >= 15 is 0 Å². The predicted octanol–water partition coefficient (Wildman–Crippen LogP) is 3.80. The van der Waals surface area contributed by atoms with E-state index in [-0.39, 0.29) is 17.7 Å². The van der Waals surface area contributed by atoms with E-state index in [4.69, 9.17) is 0 Å². The highest BCUT2D eigenvalue weighted by Crippen LogP contribution is 2.30. The van der Waals surface area contributed by atoms with Crippen molar-refractivity contribution >= 4 is 0 Å². The predicted molar refractivity (Wildman–Crippen MR) is 64.7 cm³/mol. The molecule has 0 bridgehead atoms. The van der Waals surface area contributed by atoms with E-state index in [1.807, 2.05) is 6.92 Å². The first kappa shape index (κ1) is 12.5. The molecule has 94 valence electrons. The average molecular weight is 239 g/mol. The second-order valence-corrected chi connectivity index (χ2v) is 5.03. The standard InChI is InChI=1S/C14H19F2N/c1-9(11-4-3-5-11)17-10(2)13-8-12(15)6-7-14(13)16/h6-11,17H,3-5H2,1-2H3. The molecule has 1 aliphatic rings. The minimum Gasteiger partial charge on any atom is -0.307 e. The van der Waals surface area contributed by atoms with E-state index < -0.39 is 0 Å². The molecule has 1 aliphatic carbocycles. The van der Waals surface area contributed by atoms with Crippen LogP contribution in [0.4, 0.5) is 8.78 Å². The second kappa shape index (κ2) is 5.13. The Morgan fingerprint density at radius 3 is 2.53 bits per heavy atom. The molecule has 1 aromatic carbocycles. The molecule has 1 nitrogen and oxygen atoms in total. The van der Waals surface area contributed by atoms with Crippen LogP contribution in [-0.2, 0) is 0 Å².